The van der Waals surface area contributed by atoms with Gasteiger partial charge in [-0.15, -0.1) is 0 Å². The summed E-state index contributed by atoms with van der Waals surface area (Å²) in [4.78, 5) is 10.7. The van der Waals surface area contributed by atoms with Gasteiger partial charge < -0.3 is 4.74 Å². The van der Waals surface area contributed by atoms with Gasteiger partial charge in [0.05, 0.1) is 0 Å². The van der Waals surface area contributed by atoms with Crippen LogP contribution in [0.4, 0.5) is 0 Å². The number of rotatable bonds is 6. The van der Waals surface area contributed by atoms with Gasteiger partial charge in [-0.1, -0.05) is 54.0 Å². The molecule has 0 saturated carbocycles. The van der Waals surface area contributed by atoms with E-state index in [1.54, 1.807) is 0 Å². The molecule has 0 spiro atoms. The van der Waals surface area contributed by atoms with E-state index in [9.17, 15) is 4.79 Å². The lowest BCUT2D eigenvalue weighted by Gasteiger charge is -2.22. The first-order chi connectivity index (χ1) is 10.9. The summed E-state index contributed by atoms with van der Waals surface area (Å²) < 4.78 is 4.88. The Kier molecular flexibility index (Phi) is 8.39. The van der Waals surface area contributed by atoms with Crippen molar-refractivity contribution in [2.75, 3.05) is 6.61 Å². The van der Waals surface area contributed by atoms with E-state index in [1.807, 2.05) is 25.2 Å². The Labute approximate surface area is 141 Å². The van der Waals surface area contributed by atoms with Crippen LogP contribution in [0.2, 0.25) is 0 Å². The largest absolute Gasteiger partial charge is 0.462 e. The van der Waals surface area contributed by atoms with E-state index in [2.05, 4.69) is 39.0 Å². The monoisotopic (exact) mass is 314 g/mol. The zero-order chi connectivity index (χ0) is 17.2. The highest BCUT2D eigenvalue weighted by molar-refractivity contribution is 5.66. The Hall–Kier alpha value is -1.83. The van der Waals surface area contributed by atoms with Gasteiger partial charge in [0.25, 0.3) is 0 Å². The van der Waals surface area contributed by atoms with Gasteiger partial charge in [0, 0.05) is 6.92 Å². The number of esters is 1. The third-order valence-electron chi connectivity index (χ3n) is 4.15. The molecule has 0 saturated heterocycles. The van der Waals surface area contributed by atoms with Crippen LogP contribution in [0, 0.1) is 5.92 Å². The molecule has 0 fully saturated rings. The van der Waals surface area contributed by atoms with Crippen molar-refractivity contribution >= 4 is 5.97 Å². The van der Waals surface area contributed by atoms with Crippen molar-refractivity contribution in [3.8, 4) is 0 Å². The average molecular weight is 314 g/mol. The smallest absolute Gasteiger partial charge is 0.302 e. The minimum atomic E-state index is -0.250. The average Bonchev–Trinajstić information content (AvgIpc) is 2.46. The molecule has 1 unspecified atom stereocenters. The fraction of sp³-hybridized carbons (Fsp3) is 0.476. The quantitative estimate of drug-likeness (QED) is 0.465. The van der Waals surface area contributed by atoms with Crippen LogP contribution in [0.25, 0.3) is 0 Å². The van der Waals surface area contributed by atoms with E-state index in [-0.39, 0.29) is 5.97 Å². The van der Waals surface area contributed by atoms with E-state index in [4.69, 9.17) is 4.74 Å². The maximum Gasteiger partial charge on any atom is 0.302 e. The SMILES string of the molecule is CC(=O)OC/C=C(C)/C=C/C=C(C)/C=C/C1=C(C)CCCC1C. The molecule has 126 valence electrons. The Balaban J connectivity index is 2.58. The second-order valence-electron chi connectivity index (χ2n) is 6.38. The van der Waals surface area contributed by atoms with Crippen LogP contribution in [-0.2, 0) is 9.53 Å². The minimum Gasteiger partial charge on any atom is -0.462 e. The van der Waals surface area contributed by atoms with Crippen molar-refractivity contribution in [2.24, 2.45) is 5.92 Å². The Morgan fingerprint density at radius 2 is 1.96 bits per heavy atom. The molecule has 0 amide bonds. The molecule has 1 aliphatic carbocycles. The van der Waals surface area contributed by atoms with Crippen molar-refractivity contribution in [1.82, 2.24) is 0 Å². The molecule has 2 heteroatoms. The number of allylic oxidation sites excluding steroid dienone is 9. The second-order valence-corrected chi connectivity index (χ2v) is 6.38. The molecule has 1 atom stereocenters. The number of ether oxygens (including phenoxy) is 1. The first-order valence-corrected chi connectivity index (χ1v) is 8.43. The van der Waals surface area contributed by atoms with Gasteiger partial charge in [0.2, 0.25) is 0 Å². The molecule has 0 aromatic carbocycles. The van der Waals surface area contributed by atoms with E-state index < -0.39 is 0 Å². The maximum atomic E-state index is 10.7. The number of hydrogen-bond acceptors (Lipinski definition) is 2. The fourth-order valence-corrected chi connectivity index (χ4v) is 2.69. The first kappa shape index (κ1) is 19.2. The van der Waals surface area contributed by atoms with Crippen LogP contribution in [-0.4, -0.2) is 12.6 Å². The predicted octanol–water partition coefficient (Wildman–Crippen LogP) is 5.69. The summed E-state index contributed by atoms with van der Waals surface area (Å²) in [6, 6.07) is 0. The summed E-state index contributed by atoms with van der Waals surface area (Å²) in [7, 11) is 0. The molecule has 0 aromatic rings. The van der Waals surface area contributed by atoms with Crippen LogP contribution in [0.3, 0.4) is 0 Å². The normalized spacial score (nSPS) is 20.7. The zero-order valence-electron chi connectivity index (χ0n) is 15.2. The molecule has 0 heterocycles. The van der Waals surface area contributed by atoms with Gasteiger partial charge in [-0.2, -0.15) is 0 Å². The Bertz CT molecular complexity index is 556. The van der Waals surface area contributed by atoms with Crippen molar-refractivity contribution in [1.29, 1.82) is 0 Å². The van der Waals surface area contributed by atoms with Gasteiger partial charge in [-0.05, 0) is 57.6 Å². The predicted molar refractivity (Wildman–Crippen MR) is 98.1 cm³/mol. The van der Waals surface area contributed by atoms with Gasteiger partial charge in [0.15, 0.2) is 0 Å². The van der Waals surface area contributed by atoms with E-state index >= 15 is 0 Å². The fourth-order valence-electron chi connectivity index (χ4n) is 2.69. The molecule has 0 aliphatic heterocycles. The van der Waals surface area contributed by atoms with Crippen LogP contribution in [0.1, 0.15) is 53.9 Å². The van der Waals surface area contributed by atoms with Crippen molar-refractivity contribution in [3.63, 3.8) is 0 Å². The summed E-state index contributed by atoms with van der Waals surface area (Å²) in [5.41, 5.74) is 5.35. The van der Waals surface area contributed by atoms with Crippen LogP contribution < -0.4 is 0 Å². The molecule has 1 aliphatic rings. The lowest BCUT2D eigenvalue weighted by Crippen LogP contribution is -2.06. The second kappa shape index (κ2) is 10.0. The van der Waals surface area contributed by atoms with Gasteiger partial charge in [-0.3, -0.25) is 4.79 Å². The number of carbonyl (C=O) groups excluding carboxylic acids is 1. The number of carbonyl (C=O) groups is 1. The molecule has 2 nitrogen and oxygen atoms in total. The van der Waals surface area contributed by atoms with Gasteiger partial charge in [-0.25, -0.2) is 0 Å². The summed E-state index contributed by atoms with van der Waals surface area (Å²) >= 11 is 0. The first-order valence-electron chi connectivity index (χ1n) is 8.43. The third kappa shape index (κ3) is 7.83. The highest BCUT2D eigenvalue weighted by Crippen LogP contribution is 2.30. The number of hydrogen-bond donors (Lipinski definition) is 0. The van der Waals surface area contributed by atoms with Crippen LogP contribution in [0.15, 0.2) is 58.7 Å². The van der Waals surface area contributed by atoms with E-state index in [1.165, 1.54) is 42.9 Å². The molecule has 23 heavy (non-hydrogen) atoms. The molecule has 0 bridgehead atoms. The third-order valence-corrected chi connectivity index (χ3v) is 4.15. The summed E-state index contributed by atoms with van der Waals surface area (Å²) in [5.74, 6) is 0.426. The standard InChI is InChI=1S/C21H30O2/c1-16(8-6-9-17(2)14-15-23-20(5)22)12-13-21-18(3)10-7-11-19(21)4/h6,8-9,12-14,18H,7,10-11,15H2,1-5H3/b9-6+,13-12+,16-8+,17-14+. The molecule has 0 radical (unpaired) electrons. The molecular formula is C21H30O2. The zero-order valence-corrected chi connectivity index (χ0v) is 15.2. The van der Waals surface area contributed by atoms with Gasteiger partial charge >= 0.3 is 5.97 Å². The lowest BCUT2D eigenvalue weighted by molar-refractivity contribution is -0.139. The highest BCUT2D eigenvalue weighted by atomic mass is 16.5. The van der Waals surface area contributed by atoms with Crippen LogP contribution >= 0.6 is 0 Å². The maximum absolute atomic E-state index is 10.7. The van der Waals surface area contributed by atoms with E-state index in [0.29, 0.717) is 12.5 Å². The molecule has 1 rings (SSSR count). The summed E-state index contributed by atoms with van der Waals surface area (Å²) in [5, 5.41) is 0. The summed E-state index contributed by atoms with van der Waals surface area (Å²) in [6.45, 7) is 10.4. The summed E-state index contributed by atoms with van der Waals surface area (Å²) in [6.07, 6.45) is 16.4. The highest BCUT2D eigenvalue weighted by Gasteiger charge is 2.14. The molecular weight excluding hydrogens is 284 g/mol. The topological polar surface area (TPSA) is 26.3 Å². The minimum absolute atomic E-state index is 0.250. The van der Waals surface area contributed by atoms with E-state index in [0.717, 1.165) is 5.57 Å². The van der Waals surface area contributed by atoms with Crippen molar-refractivity contribution in [3.05, 3.63) is 58.7 Å². The van der Waals surface area contributed by atoms with Crippen molar-refractivity contribution in [2.45, 2.75) is 53.9 Å². The Morgan fingerprint density at radius 1 is 1.22 bits per heavy atom. The van der Waals surface area contributed by atoms with Crippen LogP contribution in [0.5, 0.6) is 0 Å². The molecule has 0 aromatic heterocycles. The lowest BCUT2D eigenvalue weighted by atomic mass is 9.84. The Morgan fingerprint density at radius 3 is 2.61 bits per heavy atom. The molecule has 0 N–H and O–H groups in total. The van der Waals surface area contributed by atoms with Gasteiger partial charge in [0.1, 0.15) is 6.61 Å². The van der Waals surface area contributed by atoms with Crippen molar-refractivity contribution < 1.29 is 9.53 Å².